The summed E-state index contributed by atoms with van der Waals surface area (Å²) < 4.78 is 0. The van der Waals surface area contributed by atoms with Crippen LogP contribution >= 0.6 is 11.8 Å². The van der Waals surface area contributed by atoms with Crippen LogP contribution in [0.2, 0.25) is 0 Å². The molecule has 0 saturated carbocycles. The zero-order valence-electron chi connectivity index (χ0n) is 11.0. The Hall–Kier alpha value is -0.0900. The van der Waals surface area contributed by atoms with E-state index >= 15 is 0 Å². The van der Waals surface area contributed by atoms with Crippen molar-refractivity contribution in [1.82, 2.24) is 0 Å². The molecule has 0 rings (SSSR count). The van der Waals surface area contributed by atoms with Gasteiger partial charge in [0.05, 0.1) is 5.75 Å². The van der Waals surface area contributed by atoms with E-state index in [4.69, 9.17) is 6.42 Å². The second-order valence-electron chi connectivity index (χ2n) is 4.44. The van der Waals surface area contributed by atoms with Crippen molar-refractivity contribution in [2.24, 2.45) is 0 Å². The van der Waals surface area contributed by atoms with Gasteiger partial charge in [-0.1, -0.05) is 70.6 Å². The fraction of sp³-hybridized carbons (Fsp3) is 0.867. The molecule has 0 bridgehead atoms. The number of thioether (sulfide) groups is 1. The highest BCUT2D eigenvalue weighted by molar-refractivity contribution is 7.99. The monoisotopic (exact) mass is 240 g/mol. The van der Waals surface area contributed by atoms with Gasteiger partial charge in [0.25, 0.3) is 0 Å². The highest BCUT2D eigenvalue weighted by Gasteiger charge is 1.92. The number of terminal acetylenes is 1. The Kier molecular flexibility index (Phi) is 14.8. The Labute approximate surface area is 107 Å². The van der Waals surface area contributed by atoms with E-state index in [2.05, 4.69) is 12.8 Å². The minimum absolute atomic E-state index is 0.886. The molecule has 0 unspecified atom stereocenters. The van der Waals surface area contributed by atoms with Gasteiger partial charge in [0.1, 0.15) is 0 Å². The van der Waals surface area contributed by atoms with Gasteiger partial charge in [0, 0.05) is 0 Å². The molecule has 0 aliphatic heterocycles. The molecule has 94 valence electrons. The van der Waals surface area contributed by atoms with Crippen LogP contribution in [0.5, 0.6) is 0 Å². The van der Waals surface area contributed by atoms with Gasteiger partial charge in [-0.2, -0.15) is 0 Å². The Morgan fingerprint density at radius 3 is 1.81 bits per heavy atom. The molecule has 1 heteroatoms. The van der Waals surface area contributed by atoms with E-state index in [1.165, 1.54) is 70.0 Å². The van der Waals surface area contributed by atoms with Gasteiger partial charge >= 0.3 is 0 Å². The predicted octanol–water partition coefficient (Wildman–Crippen LogP) is 5.27. The first-order valence-electron chi connectivity index (χ1n) is 6.93. The fourth-order valence-electron chi connectivity index (χ4n) is 1.82. The summed E-state index contributed by atoms with van der Waals surface area (Å²) in [4.78, 5) is 0. The third-order valence-corrected chi connectivity index (χ3v) is 3.78. The van der Waals surface area contributed by atoms with Gasteiger partial charge < -0.3 is 0 Å². The molecule has 0 aliphatic carbocycles. The van der Waals surface area contributed by atoms with Crippen LogP contribution in [0.3, 0.4) is 0 Å². The van der Waals surface area contributed by atoms with E-state index in [0.717, 1.165) is 5.75 Å². The normalized spacial score (nSPS) is 10.2. The molecule has 0 spiro atoms. The van der Waals surface area contributed by atoms with Crippen molar-refractivity contribution in [3.05, 3.63) is 0 Å². The van der Waals surface area contributed by atoms with E-state index in [0.29, 0.717) is 0 Å². The van der Waals surface area contributed by atoms with E-state index in [1.807, 2.05) is 11.8 Å². The van der Waals surface area contributed by atoms with Crippen molar-refractivity contribution in [2.45, 2.75) is 71.1 Å². The molecule has 0 aromatic carbocycles. The van der Waals surface area contributed by atoms with Crippen LogP contribution < -0.4 is 0 Å². The predicted molar refractivity (Wildman–Crippen MR) is 78.0 cm³/mol. The molecule has 0 nitrogen and oxygen atoms in total. The third-order valence-electron chi connectivity index (χ3n) is 2.83. The zero-order chi connectivity index (χ0) is 11.9. The van der Waals surface area contributed by atoms with Gasteiger partial charge in [0.2, 0.25) is 0 Å². The molecule has 16 heavy (non-hydrogen) atoms. The quantitative estimate of drug-likeness (QED) is 0.330. The molecule has 0 amide bonds. The summed E-state index contributed by atoms with van der Waals surface area (Å²) in [6.07, 6.45) is 19.4. The average molecular weight is 240 g/mol. The number of rotatable bonds is 12. The van der Waals surface area contributed by atoms with Crippen LogP contribution in [0.1, 0.15) is 71.1 Å². The highest BCUT2D eigenvalue weighted by Crippen LogP contribution is 2.11. The molecule has 0 fully saturated rings. The largest absolute Gasteiger partial charge is 0.149 e. The van der Waals surface area contributed by atoms with E-state index in [9.17, 15) is 0 Å². The van der Waals surface area contributed by atoms with Crippen LogP contribution in [-0.2, 0) is 0 Å². The molecule has 0 saturated heterocycles. The molecule has 0 radical (unpaired) electrons. The van der Waals surface area contributed by atoms with Crippen LogP contribution in [0.25, 0.3) is 0 Å². The number of hydrogen-bond donors (Lipinski definition) is 0. The molecule has 0 atom stereocenters. The maximum Gasteiger partial charge on any atom is 0.0544 e. The van der Waals surface area contributed by atoms with Crippen LogP contribution in [-0.4, -0.2) is 11.5 Å². The maximum atomic E-state index is 5.19. The first-order valence-corrected chi connectivity index (χ1v) is 8.08. The molecule has 0 aromatic rings. The summed E-state index contributed by atoms with van der Waals surface area (Å²) >= 11 is 1.89. The lowest BCUT2D eigenvalue weighted by molar-refractivity contribution is 0.563. The minimum atomic E-state index is 0.886. The lowest BCUT2D eigenvalue weighted by Gasteiger charge is -2.01. The van der Waals surface area contributed by atoms with Crippen molar-refractivity contribution >= 4 is 11.8 Å². The molecular weight excluding hydrogens is 212 g/mol. The Balaban J connectivity index is 2.86. The van der Waals surface area contributed by atoms with Gasteiger partial charge in [-0.25, -0.2) is 0 Å². The fourth-order valence-corrected chi connectivity index (χ4v) is 2.49. The van der Waals surface area contributed by atoms with Crippen LogP contribution in [0.4, 0.5) is 0 Å². The topological polar surface area (TPSA) is 0 Å². The van der Waals surface area contributed by atoms with Crippen LogP contribution in [0, 0.1) is 12.3 Å². The Bertz CT molecular complexity index is 157. The lowest BCUT2D eigenvalue weighted by Crippen LogP contribution is -1.84. The summed E-state index contributed by atoms with van der Waals surface area (Å²) in [6, 6.07) is 0. The van der Waals surface area contributed by atoms with E-state index in [1.54, 1.807) is 0 Å². The van der Waals surface area contributed by atoms with E-state index < -0.39 is 0 Å². The smallest absolute Gasteiger partial charge is 0.0544 e. The van der Waals surface area contributed by atoms with Crippen molar-refractivity contribution < 1.29 is 0 Å². The van der Waals surface area contributed by atoms with Crippen LogP contribution in [0.15, 0.2) is 0 Å². The molecular formula is C15H28S. The molecule has 0 aliphatic rings. The Morgan fingerprint density at radius 2 is 1.31 bits per heavy atom. The molecule has 0 aromatic heterocycles. The standard InChI is InChI=1S/C15H28S/c1-3-5-6-7-8-9-10-11-12-13-15-16-14-4-2/h2H,3,5-15H2,1H3. The van der Waals surface area contributed by atoms with Gasteiger partial charge in [-0.15, -0.1) is 18.2 Å². The minimum Gasteiger partial charge on any atom is -0.149 e. The van der Waals surface area contributed by atoms with Crippen molar-refractivity contribution in [1.29, 1.82) is 0 Å². The second-order valence-corrected chi connectivity index (χ2v) is 5.54. The summed E-state index contributed by atoms with van der Waals surface area (Å²) in [5.41, 5.74) is 0. The average Bonchev–Trinajstić information content (AvgIpc) is 2.31. The van der Waals surface area contributed by atoms with E-state index in [-0.39, 0.29) is 0 Å². The number of hydrogen-bond acceptors (Lipinski definition) is 1. The van der Waals surface area contributed by atoms with Crippen molar-refractivity contribution in [3.8, 4) is 12.3 Å². The second kappa shape index (κ2) is 14.9. The summed E-state index contributed by atoms with van der Waals surface area (Å²) in [5, 5.41) is 0. The lowest BCUT2D eigenvalue weighted by atomic mass is 10.1. The third kappa shape index (κ3) is 13.9. The van der Waals surface area contributed by atoms with Crippen molar-refractivity contribution in [3.63, 3.8) is 0 Å². The first-order chi connectivity index (χ1) is 7.91. The Morgan fingerprint density at radius 1 is 0.812 bits per heavy atom. The van der Waals surface area contributed by atoms with Gasteiger partial charge in [-0.05, 0) is 12.2 Å². The maximum absolute atomic E-state index is 5.19. The zero-order valence-corrected chi connectivity index (χ0v) is 11.8. The first kappa shape index (κ1) is 15.9. The highest BCUT2D eigenvalue weighted by atomic mass is 32.2. The van der Waals surface area contributed by atoms with Crippen molar-refractivity contribution in [2.75, 3.05) is 11.5 Å². The SMILES string of the molecule is C#CCSCCCCCCCCCCCC. The van der Waals surface area contributed by atoms with Gasteiger partial charge in [0.15, 0.2) is 0 Å². The summed E-state index contributed by atoms with van der Waals surface area (Å²) in [6.45, 7) is 2.28. The molecule has 0 N–H and O–H groups in total. The summed E-state index contributed by atoms with van der Waals surface area (Å²) in [5.74, 6) is 4.80. The number of unbranched alkanes of at least 4 members (excludes halogenated alkanes) is 9. The van der Waals surface area contributed by atoms with Gasteiger partial charge in [-0.3, -0.25) is 0 Å². The summed E-state index contributed by atoms with van der Waals surface area (Å²) in [7, 11) is 0. The molecule has 0 heterocycles.